The van der Waals surface area contributed by atoms with Crippen LogP contribution in [0, 0.1) is 132 Å². The molecule has 30 nitrogen and oxygen atoms in total. The highest BCUT2D eigenvalue weighted by Crippen LogP contribution is 2.51. The maximum Gasteiger partial charge on any atom is 0.472 e. The molecule has 4 unspecified atom stereocenters. The van der Waals surface area contributed by atoms with Gasteiger partial charge in [0.2, 0.25) is 0 Å². The second-order valence-electron chi connectivity index (χ2n) is 29.2. The number of ether oxygens (including phenoxy) is 6. The number of aliphatic hydroxyl groups excluding tert-OH is 8. The first kappa shape index (κ1) is 118. The van der Waals surface area contributed by atoms with Crippen molar-refractivity contribution < 1.29 is 143 Å². The maximum atomic E-state index is 12.3. The molecule has 34 heteroatoms. The highest BCUT2D eigenvalue weighted by atomic mass is 31.2. The van der Waals surface area contributed by atoms with Crippen molar-refractivity contribution in [3.05, 3.63) is 0 Å². The van der Waals surface area contributed by atoms with Gasteiger partial charge in [0.25, 0.3) is 0 Å². The van der Waals surface area contributed by atoms with Crippen LogP contribution in [0.1, 0.15) is 226 Å². The van der Waals surface area contributed by atoms with Crippen molar-refractivity contribution in [2.24, 2.45) is 23.7 Å². The number of aliphatic hydroxyl groups is 8. The van der Waals surface area contributed by atoms with Crippen molar-refractivity contribution in [1.29, 1.82) is 0 Å². The Morgan fingerprint density at radius 2 is 0.534 bits per heavy atom. The summed E-state index contributed by atoms with van der Waals surface area (Å²) >= 11 is 0. The molecule has 4 saturated heterocycles. The lowest BCUT2D eigenvalue weighted by Gasteiger charge is -2.24. The molecule has 0 spiro atoms. The predicted octanol–water partition coefficient (Wildman–Crippen LogP) is 10.5. The summed E-state index contributed by atoms with van der Waals surface area (Å²) in [5.74, 6) is 37.6. The van der Waals surface area contributed by atoms with E-state index in [1.165, 1.54) is 25.7 Å². The van der Waals surface area contributed by atoms with E-state index >= 15 is 0 Å². The van der Waals surface area contributed by atoms with Crippen molar-refractivity contribution in [3.8, 4) is 108 Å². The highest BCUT2D eigenvalue weighted by Gasteiger charge is 2.50. The number of unbranched alkanes of at least 4 members (excludes halogenated alkanes) is 12. The SMILES string of the molecule is C#CC.C#CC#CC#C.CC#CC#CC#CC#CC#CC.CC(C)C[C@H]1O[C@@H](C)[C@H](O)[C@@H]1OP(=O)(O)OCCCCCCCCCCCCO.CC(C)C[C@H]1O[C@@H](C)[C@H](O)[C@@H]1OP(=O)(O)OCCCCCCO.CC(C)C[C@H]1O[C@@H](C)[C@H](O)[C@@H]1OP(=O)(O)OCCCO.CC(C)C[C@H]1O[C@@H](C)[C@H](O)[C@@H]1OP(=O)(O)OCCOCCOCCO. The molecule has 0 saturated carbocycles. The maximum absolute atomic E-state index is 12.3. The Bertz CT molecular complexity index is 3270. The Labute approximate surface area is 705 Å². The molecular formula is C84H142O30P4. The molecule has 0 aromatic carbocycles. The van der Waals surface area contributed by atoms with Crippen LogP contribution in [0.4, 0.5) is 0 Å². The molecule has 4 fully saturated rings. The van der Waals surface area contributed by atoms with Crippen LogP contribution in [0.2, 0.25) is 0 Å². The van der Waals surface area contributed by atoms with Gasteiger partial charge in [-0.2, -0.15) is 0 Å². The Balaban J connectivity index is -0.00000139. The van der Waals surface area contributed by atoms with Gasteiger partial charge in [0.05, 0.1) is 108 Å². The number of rotatable bonds is 49. The summed E-state index contributed by atoms with van der Waals surface area (Å²) in [6, 6.07) is 0. The number of phosphoric ester groups is 4. The molecule has 678 valence electrons. The van der Waals surface area contributed by atoms with Crippen molar-refractivity contribution in [2.45, 2.75) is 324 Å². The summed E-state index contributed by atoms with van der Waals surface area (Å²) in [6.45, 7) is 29.2. The monoisotopic (exact) mass is 1750 g/mol. The molecule has 0 bridgehead atoms. The van der Waals surface area contributed by atoms with E-state index in [1.807, 2.05) is 55.4 Å². The molecule has 0 aromatic rings. The Morgan fingerprint density at radius 1 is 0.314 bits per heavy atom. The summed E-state index contributed by atoms with van der Waals surface area (Å²) in [5.41, 5.74) is 0. The number of terminal acetylenes is 3. The number of hydrogen-bond donors (Lipinski definition) is 12. The second-order valence-corrected chi connectivity index (χ2v) is 34.9. The average molecular weight is 1760 g/mol. The number of hydrogen-bond acceptors (Lipinski definition) is 26. The lowest BCUT2D eigenvalue weighted by Crippen LogP contribution is -2.34. The zero-order valence-electron chi connectivity index (χ0n) is 72.2. The van der Waals surface area contributed by atoms with Gasteiger partial charge in [0.1, 0.15) is 48.8 Å². The van der Waals surface area contributed by atoms with Crippen LogP contribution in [0.25, 0.3) is 0 Å². The fourth-order valence-electron chi connectivity index (χ4n) is 11.3. The summed E-state index contributed by atoms with van der Waals surface area (Å²) in [6.07, 6.45) is 19.6. The predicted molar refractivity (Wildman–Crippen MR) is 451 cm³/mol. The lowest BCUT2D eigenvalue weighted by molar-refractivity contribution is -0.00756. The van der Waals surface area contributed by atoms with Crippen LogP contribution >= 0.6 is 31.3 Å². The van der Waals surface area contributed by atoms with E-state index in [-0.39, 0.29) is 78.4 Å². The van der Waals surface area contributed by atoms with Gasteiger partial charge in [-0.25, -0.2) is 18.3 Å². The molecule has 4 rings (SSSR count). The van der Waals surface area contributed by atoms with Gasteiger partial charge in [-0.3, -0.25) is 36.2 Å². The fourth-order valence-corrected chi connectivity index (χ4v) is 15.2. The molecular weight excluding hydrogens is 1610 g/mol. The van der Waals surface area contributed by atoms with E-state index in [2.05, 4.69) is 95.2 Å². The molecule has 4 heterocycles. The van der Waals surface area contributed by atoms with Crippen molar-refractivity contribution in [2.75, 3.05) is 79.3 Å². The topological polar surface area (TPSA) is 440 Å². The van der Waals surface area contributed by atoms with Gasteiger partial charge in [-0.1, -0.05) is 131 Å². The van der Waals surface area contributed by atoms with Crippen LogP contribution in [0.15, 0.2) is 0 Å². The van der Waals surface area contributed by atoms with E-state index in [0.717, 1.165) is 44.9 Å². The minimum Gasteiger partial charge on any atom is -0.396 e. The largest absolute Gasteiger partial charge is 0.472 e. The lowest BCUT2D eigenvalue weighted by atomic mass is 10.00. The van der Waals surface area contributed by atoms with Crippen LogP contribution in [-0.2, 0) is 82.9 Å². The first-order valence-corrected chi connectivity index (χ1v) is 46.5. The van der Waals surface area contributed by atoms with Crippen LogP contribution in [0.3, 0.4) is 0 Å². The third-order valence-corrected chi connectivity index (χ3v) is 20.9. The molecule has 0 aliphatic carbocycles. The summed E-state index contributed by atoms with van der Waals surface area (Å²) in [7, 11) is -17.1. The van der Waals surface area contributed by atoms with Crippen LogP contribution in [0.5, 0.6) is 0 Å². The van der Waals surface area contributed by atoms with E-state index < -0.39 is 129 Å². The van der Waals surface area contributed by atoms with E-state index in [9.17, 15) is 58.3 Å². The van der Waals surface area contributed by atoms with Crippen LogP contribution < -0.4 is 0 Å². The molecule has 4 aliphatic rings. The van der Waals surface area contributed by atoms with Gasteiger partial charge in [-0.05, 0) is 201 Å². The normalized spacial score (nSPS) is 25.1. The van der Waals surface area contributed by atoms with Gasteiger partial charge < -0.3 is 88.8 Å². The van der Waals surface area contributed by atoms with Crippen molar-refractivity contribution in [1.82, 2.24) is 0 Å². The second kappa shape index (κ2) is 72.2. The van der Waals surface area contributed by atoms with Crippen LogP contribution in [-0.4, -0.2) is 237 Å². The van der Waals surface area contributed by atoms with Crippen molar-refractivity contribution >= 4 is 31.3 Å². The first-order valence-electron chi connectivity index (χ1n) is 40.5. The first-order chi connectivity index (χ1) is 55.8. The Kier molecular flexibility index (Phi) is 72.3. The standard InChI is InChI=1S/C21H43O7P.C15H31O9P.C15H31O7P.C12H25O7P.C12H6.C6H2.C3H4/c1-17(2)16-19-21(20(23)18(3)27-19)28-29(24,25)26-15-13-11-9-7-5-4-6-8-10-12-14-22;1-11(2)10-13-15(14(17)12(3)23-13)24-25(18,19)22-9-8-21-7-6-20-5-4-16;1-11(2)10-13-15(14(17)12(3)21-13)22-23(18,19)20-9-7-5-4-6-8-16;1-8(2)7-10-12(11(14)9(3)18-10)19-20(15,16)17-6-4-5-13;1-3-5-7-9-11-12-10-8-6-4-2;1-3-5-6-4-2;1-3-2/h17-23H,4-16H2,1-3H3,(H,24,25);11-17H,4-10H2,1-3H3,(H,18,19);11-17H,4-10H2,1-3H3,(H,18,19);8-14H,4-7H2,1-3H3,(H,15,16);1-2H3;1-2H;1H,2H3/t18-,19+,20-,21+;2*12-,13+,14-,15+;9-,10+,11-,12+;;;/m0000.../s1. The van der Waals surface area contributed by atoms with E-state index in [1.54, 1.807) is 48.5 Å². The minimum atomic E-state index is -4.34. The highest BCUT2D eigenvalue weighted by molar-refractivity contribution is 7.48. The molecule has 118 heavy (non-hydrogen) atoms. The smallest absolute Gasteiger partial charge is 0.396 e. The molecule has 0 aromatic heterocycles. The quantitative estimate of drug-likeness (QED) is 0.0153. The summed E-state index contributed by atoms with van der Waals surface area (Å²) in [5, 5.41) is 75.0. The molecule has 4 aliphatic heterocycles. The van der Waals surface area contributed by atoms with Gasteiger partial charge >= 0.3 is 31.3 Å². The minimum absolute atomic E-state index is 0.0543. The average Bonchev–Trinajstić information content (AvgIpc) is 1.70. The summed E-state index contributed by atoms with van der Waals surface area (Å²) in [4.78, 5) is 39.3. The Hall–Kier alpha value is -4.08. The zero-order chi connectivity index (χ0) is 90.0. The zero-order valence-corrected chi connectivity index (χ0v) is 75.8. The third kappa shape index (κ3) is 62.1. The fraction of sp³-hybridized carbons (Fsp3) is 0.786. The van der Waals surface area contributed by atoms with Gasteiger partial charge in [0, 0.05) is 19.8 Å². The summed E-state index contributed by atoms with van der Waals surface area (Å²) < 4.78 is 121. The van der Waals surface area contributed by atoms with E-state index in [4.69, 9.17) is 97.9 Å². The molecule has 0 amide bonds. The van der Waals surface area contributed by atoms with Gasteiger partial charge in [-0.15, -0.1) is 25.2 Å². The number of phosphoric acid groups is 4. The third-order valence-electron chi connectivity index (χ3n) is 16.8. The molecule has 12 N–H and O–H groups in total. The Morgan fingerprint density at radius 3 is 0.771 bits per heavy atom. The molecule has 0 radical (unpaired) electrons. The van der Waals surface area contributed by atoms with E-state index in [0.29, 0.717) is 75.9 Å². The molecule has 20 atom stereocenters. The van der Waals surface area contributed by atoms with Gasteiger partial charge in [0.15, 0.2) is 0 Å². The van der Waals surface area contributed by atoms with Crippen molar-refractivity contribution in [3.63, 3.8) is 0 Å².